The Bertz CT molecular complexity index is 506. The highest BCUT2D eigenvalue weighted by molar-refractivity contribution is 6.40. The zero-order chi connectivity index (χ0) is 18.3. The van der Waals surface area contributed by atoms with Crippen LogP contribution in [0.3, 0.4) is 0 Å². The Hall–Kier alpha value is -1.92. The zero-order valence-electron chi connectivity index (χ0n) is 16.1. The highest BCUT2D eigenvalue weighted by atomic mass is 16.6. The molecule has 0 aliphatic carbocycles. The van der Waals surface area contributed by atoms with Gasteiger partial charge in [0.15, 0.2) is 0 Å². The van der Waals surface area contributed by atoms with Crippen LogP contribution in [-0.4, -0.2) is 41.5 Å². The number of oxime groups is 2. The molecule has 7 heteroatoms. The van der Waals surface area contributed by atoms with Crippen LogP contribution in [0.25, 0.3) is 0 Å². The summed E-state index contributed by atoms with van der Waals surface area (Å²) < 4.78 is 0. The van der Waals surface area contributed by atoms with Gasteiger partial charge >= 0.3 is 6.02 Å². The van der Waals surface area contributed by atoms with Crippen molar-refractivity contribution in [3.8, 4) is 0 Å². The van der Waals surface area contributed by atoms with E-state index in [2.05, 4.69) is 25.6 Å². The molecule has 0 bridgehead atoms. The smallest absolute Gasteiger partial charge is 0.315 e. The minimum absolute atomic E-state index is 0.186. The Labute approximate surface area is 139 Å². The molecule has 0 aliphatic rings. The van der Waals surface area contributed by atoms with Gasteiger partial charge in [0, 0.05) is 19.5 Å². The lowest BCUT2D eigenvalue weighted by Gasteiger charge is -2.23. The zero-order valence-corrected chi connectivity index (χ0v) is 16.1. The molecule has 0 spiro atoms. The molecule has 0 aliphatic heterocycles. The third-order valence-electron chi connectivity index (χ3n) is 2.34. The predicted molar refractivity (Wildman–Crippen MR) is 97.5 cm³/mol. The van der Waals surface area contributed by atoms with Crippen LogP contribution >= 0.6 is 0 Å². The van der Waals surface area contributed by atoms with Crippen LogP contribution in [-0.2, 0) is 9.68 Å². The van der Waals surface area contributed by atoms with Gasteiger partial charge in [0.1, 0.15) is 11.4 Å². The van der Waals surface area contributed by atoms with E-state index >= 15 is 0 Å². The summed E-state index contributed by atoms with van der Waals surface area (Å²) in [6.07, 6.45) is 0. The first-order valence-electron chi connectivity index (χ1n) is 7.59. The molecule has 23 heavy (non-hydrogen) atoms. The molecule has 0 radical (unpaired) electrons. The summed E-state index contributed by atoms with van der Waals surface area (Å²) in [4.78, 5) is 18.9. The topological polar surface area (TPSA) is 79.9 Å². The number of hydrogen-bond acceptors (Lipinski definition) is 6. The van der Waals surface area contributed by atoms with Crippen LogP contribution in [0.4, 0.5) is 0 Å². The van der Waals surface area contributed by atoms with Crippen LogP contribution in [0, 0.1) is 0 Å². The van der Waals surface area contributed by atoms with E-state index < -0.39 is 0 Å². The lowest BCUT2D eigenvalue weighted by molar-refractivity contribution is 0.286. The van der Waals surface area contributed by atoms with Crippen LogP contribution in [0.15, 0.2) is 20.3 Å². The van der Waals surface area contributed by atoms with Crippen molar-refractivity contribution in [2.24, 2.45) is 20.3 Å². The third kappa shape index (κ3) is 11.3. The van der Waals surface area contributed by atoms with E-state index in [9.17, 15) is 0 Å². The van der Waals surface area contributed by atoms with E-state index in [0.29, 0.717) is 23.3 Å². The highest BCUT2D eigenvalue weighted by Gasteiger charge is 2.17. The van der Waals surface area contributed by atoms with Crippen LogP contribution in [0.2, 0.25) is 0 Å². The lowest BCUT2D eigenvalue weighted by atomic mass is 10.1. The van der Waals surface area contributed by atoms with Crippen LogP contribution in [0.1, 0.15) is 62.3 Å². The summed E-state index contributed by atoms with van der Waals surface area (Å²) in [6, 6.07) is 0.365. The van der Waals surface area contributed by atoms with Gasteiger partial charge in [-0.3, -0.25) is 4.99 Å². The maximum atomic E-state index is 5.47. The summed E-state index contributed by atoms with van der Waals surface area (Å²) >= 11 is 0. The van der Waals surface area contributed by atoms with Gasteiger partial charge in [-0.25, -0.2) is 4.99 Å². The maximum Gasteiger partial charge on any atom is 0.315 e. The number of aliphatic imine (C=N–C) groups is 2. The van der Waals surface area contributed by atoms with Gasteiger partial charge in [0.05, 0.1) is 5.54 Å². The molecule has 0 rings (SSSR count). The molecule has 0 fully saturated rings. The molecule has 0 amide bonds. The average Bonchev–Trinajstić information content (AvgIpc) is 2.37. The van der Waals surface area contributed by atoms with Crippen molar-refractivity contribution in [2.45, 2.75) is 73.4 Å². The number of hydrogen-bond donors (Lipinski definition) is 1. The molecule has 7 nitrogen and oxygen atoms in total. The average molecular weight is 325 g/mol. The molecule has 132 valence electrons. The fourth-order valence-electron chi connectivity index (χ4n) is 1.12. The SMILES string of the molecule is CN=C(C)O/N=C(/C)C(C)=NOC(=NC(C)(C)C)NC(C)(C)C. The minimum atomic E-state index is -0.280. The van der Waals surface area contributed by atoms with Gasteiger partial charge in [0.25, 0.3) is 0 Å². The van der Waals surface area contributed by atoms with Crippen molar-refractivity contribution in [1.29, 1.82) is 0 Å². The van der Waals surface area contributed by atoms with Gasteiger partial charge in [0.2, 0.25) is 5.90 Å². The van der Waals surface area contributed by atoms with E-state index in [-0.39, 0.29) is 11.1 Å². The normalized spacial score (nSPS) is 15.6. The van der Waals surface area contributed by atoms with Gasteiger partial charge in [-0.15, -0.1) is 0 Å². The van der Waals surface area contributed by atoms with E-state index in [1.165, 1.54) is 0 Å². The second-order valence-corrected chi connectivity index (χ2v) is 7.24. The first kappa shape index (κ1) is 21.1. The van der Waals surface area contributed by atoms with Crippen molar-refractivity contribution in [3.63, 3.8) is 0 Å². The fourth-order valence-corrected chi connectivity index (χ4v) is 1.12. The first-order valence-corrected chi connectivity index (χ1v) is 7.59. The van der Waals surface area contributed by atoms with Crippen molar-refractivity contribution < 1.29 is 9.68 Å². The molecule has 1 N–H and O–H groups in total. The molecule has 0 saturated heterocycles. The van der Waals surface area contributed by atoms with E-state index in [1.54, 1.807) is 27.8 Å². The number of rotatable bonds is 3. The second kappa shape index (κ2) is 8.64. The lowest BCUT2D eigenvalue weighted by Crippen LogP contribution is -2.42. The van der Waals surface area contributed by atoms with Crippen LogP contribution < -0.4 is 5.32 Å². The van der Waals surface area contributed by atoms with E-state index in [1.807, 2.05) is 41.5 Å². The van der Waals surface area contributed by atoms with Crippen molar-refractivity contribution in [1.82, 2.24) is 5.32 Å². The fraction of sp³-hybridized carbons (Fsp3) is 0.750. The Morgan fingerprint density at radius 3 is 1.70 bits per heavy atom. The number of nitrogens with zero attached hydrogens (tertiary/aromatic N) is 4. The molecule has 0 aromatic heterocycles. The van der Waals surface area contributed by atoms with Crippen molar-refractivity contribution in [3.05, 3.63) is 0 Å². The first-order chi connectivity index (χ1) is 10.3. The van der Waals surface area contributed by atoms with E-state index in [4.69, 9.17) is 9.68 Å². The summed E-state index contributed by atoms with van der Waals surface area (Å²) in [5.41, 5.74) is 0.719. The number of nitrogens with one attached hydrogen (secondary N) is 1. The van der Waals surface area contributed by atoms with Gasteiger partial charge < -0.3 is 15.0 Å². The van der Waals surface area contributed by atoms with Crippen LogP contribution in [0.5, 0.6) is 0 Å². The Morgan fingerprint density at radius 2 is 1.30 bits per heavy atom. The Balaban J connectivity index is 5.11. The Morgan fingerprint density at radius 1 is 0.826 bits per heavy atom. The molecule has 0 saturated carbocycles. The summed E-state index contributed by atoms with van der Waals surface area (Å²) in [5.74, 6) is 0.474. The largest absolute Gasteiger partial charge is 0.342 e. The van der Waals surface area contributed by atoms with Gasteiger partial charge in [-0.05, 0) is 55.4 Å². The monoisotopic (exact) mass is 325 g/mol. The standard InChI is InChI=1S/C16H31N5O2/c1-11(20-22-13(3)17-10)12(2)21-23-14(18-15(4,5)6)19-16(7,8)9/h1-10H3,(H,18,19)/b17-13?,20-11-,21-12?. The molecular weight excluding hydrogens is 294 g/mol. The van der Waals surface area contributed by atoms with Gasteiger partial charge in [-0.1, -0.05) is 10.3 Å². The highest BCUT2D eigenvalue weighted by Crippen LogP contribution is 2.09. The quantitative estimate of drug-likeness (QED) is 0.491. The molecule has 0 unspecified atom stereocenters. The predicted octanol–water partition coefficient (Wildman–Crippen LogP) is 3.36. The molecule has 0 atom stereocenters. The molecule has 0 heterocycles. The molecular formula is C16H31N5O2. The third-order valence-corrected chi connectivity index (χ3v) is 2.34. The second-order valence-electron chi connectivity index (χ2n) is 7.24. The Kier molecular flexibility index (Phi) is 7.92. The summed E-state index contributed by atoms with van der Waals surface area (Å²) in [6.45, 7) is 17.3. The minimum Gasteiger partial charge on any atom is -0.342 e. The summed E-state index contributed by atoms with van der Waals surface area (Å²) in [5, 5.41) is 11.2. The number of amidine groups is 1. The summed E-state index contributed by atoms with van der Waals surface area (Å²) in [7, 11) is 1.64. The van der Waals surface area contributed by atoms with E-state index in [0.717, 1.165) is 0 Å². The van der Waals surface area contributed by atoms with Crippen molar-refractivity contribution in [2.75, 3.05) is 7.05 Å². The van der Waals surface area contributed by atoms with Crippen molar-refractivity contribution >= 4 is 23.3 Å². The molecule has 0 aromatic carbocycles. The van der Waals surface area contributed by atoms with Gasteiger partial charge in [-0.2, -0.15) is 0 Å². The maximum absolute atomic E-state index is 5.47. The molecule has 0 aromatic rings.